The van der Waals surface area contributed by atoms with E-state index in [1.807, 2.05) is 19.1 Å². The summed E-state index contributed by atoms with van der Waals surface area (Å²) in [5.74, 6) is -0.495. The number of aryl methyl sites for hydroxylation is 2. The molecule has 27 heteroatoms. The Labute approximate surface area is 541 Å². The summed E-state index contributed by atoms with van der Waals surface area (Å²) in [6.45, 7) is 4.16. The summed E-state index contributed by atoms with van der Waals surface area (Å²) in [5.41, 5.74) is 1.08. The number of alkyl halides is 6. The van der Waals surface area contributed by atoms with E-state index in [2.05, 4.69) is 63.2 Å². The van der Waals surface area contributed by atoms with Crippen LogP contribution in [-0.2, 0) is 57.0 Å². The molecule has 3 N–H and O–H groups in total. The minimum Gasteiger partial charge on any atom is -0.383 e. The number of hydrogen-bond acceptors (Lipinski definition) is 15. The number of benzene rings is 3. The van der Waals surface area contributed by atoms with Crippen molar-refractivity contribution in [2.75, 3.05) is 53.8 Å². The van der Waals surface area contributed by atoms with Crippen LogP contribution < -0.4 is 25.8 Å². The van der Waals surface area contributed by atoms with Crippen LogP contribution in [0.2, 0.25) is 0 Å². The summed E-state index contributed by atoms with van der Waals surface area (Å²) in [6.07, 6.45) is 2.29. The molecule has 0 radical (unpaired) electrons. The third-order valence-electron chi connectivity index (χ3n) is 19.3. The molecule has 8 aromatic rings. The monoisotopic (exact) mass is 1300 g/mol. The van der Waals surface area contributed by atoms with Crippen molar-refractivity contribution in [2.45, 2.75) is 127 Å². The smallest absolute Gasteiger partial charge is 0.383 e. The first-order valence-electron chi connectivity index (χ1n) is 31.5. The molecule has 14 rings (SSSR count). The number of nitrogens with one attached hydrogen (secondary N) is 3. The number of nitrogens with zero attached hydrogens (tertiary/aromatic N) is 14. The van der Waals surface area contributed by atoms with Gasteiger partial charge in [-0.3, -0.25) is 29.3 Å². The maximum atomic E-state index is 15.9. The van der Waals surface area contributed by atoms with E-state index in [1.54, 1.807) is 60.1 Å². The third-order valence-corrected chi connectivity index (χ3v) is 19.3. The molecule has 3 saturated carbocycles. The van der Waals surface area contributed by atoms with Crippen LogP contribution in [0.1, 0.15) is 124 Å². The van der Waals surface area contributed by atoms with E-state index in [0.717, 1.165) is 50.9 Å². The highest BCUT2D eigenvalue weighted by Crippen LogP contribution is 2.50. The second-order valence-corrected chi connectivity index (χ2v) is 26.0. The molecule has 3 aliphatic carbocycles. The van der Waals surface area contributed by atoms with Crippen molar-refractivity contribution in [1.29, 1.82) is 5.26 Å². The van der Waals surface area contributed by atoms with Gasteiger partial charge in [0.05, 0.1) is 54.4 Å². The molecule has 4 fully saturated rings. The number of methoxy groups -OCH3 is 1. The average molecular weight is 1300 g/mol. The first-order valence-corrected chi connectivity index (χ1v) is 31.5. The standard InChI is InChI=1S/C68H65F7N17O3/c1-40-21-47(51(32-79-40)60-86-80-38-88(60)2)43-26-57(83-58(28-43)91-34-52-49(62(91)93)23-42(24-54(52)68(73,74)75)33-89-19-15-64(36-89)7-4-8-64)85-66(11-12-66)14-17-78-37-90-39-81-87-61(90)46-6-5-45(67(70,71)72)30-48(46)44-27-56(84-65(9-10-65)13-16-76)82-59(29-44)92-35-53-50(63(92)94)22-41(25-55(53)69)31-77-18-20-95-3/h5-6,21-30,32,38-39,77H,4,7-15,18-20,31,33-37H2,1-3H3,(H,82,84)(H,83,85)/q+1. The van der Waals surface area contributed by atoms with Gasteiger partial charge in [0.25, 0.3) is 17.9 Å². The number of fused-ring (bicyclic) bond motifs is 2. The van der Waals surface area contributed by atoms with E-state index in [1.165, 1.54) is 40.4 Å². The lowest BCUT2D eigenvalue weighted by molar-refractivity contribution is -0.138. The summed E-state index contributed by atoms with van der Waals surface area (Å²) in [7, 11) is 3.35. The number of hydrogen-bond donors (Lipinski definition) is 3. The van der Waals surface area contributed by atoms with E-state index >= 15 is 17.6 Å². The minimum atomic E-state index is -4.79. The highest BCUT2D eigenvalue weighted by atomic mass is 19.4. The number of aromatic nitrogens is 9. The zero-order valence-electron chi connectivity index (χ0n) is 52.2. The molecule has 3 aromatic carbocycles. The number of rotatable bonds is 20. The van der Waals surface area contributed by atoms with Gasteiger partial charge in [-0.15, -0.1) is 20.4 Å². The molecule has 95 heavy (non-hydrogen) atoms. The van der Waals surface area contributed by atoms with Crippen LogP contribution in [0.3, 0.4) is 0 Å². The fourth-order valence-electron chi connectivity index (χ4n) is 13.6. The summed E-state index contributed by atoms with van der Waals surface area (Å²) < 4.78 is 114. The van der Waals surface area contributed by atoms with Crippen molar-refractivity contribution >= 4 is 35.1 Å². The van der Waals surface area contributed by atoms with Crippen molar-refractivity contribution < 1.29 is 45.1 Å². The summed E-state index contributed by atoms with van der Waals surface area (Å²) in [4.78, 5) is 52.8. The molecule has 3 aliphatic heterocycles. The Morgan fingerprint density at radius 1 is 0.705 bits per heavy atom. The van der Waals surface area contributed by atoms with E-state index in [-0.39, 0.29) is 107 Å². The third kappa shape index (κ3) is 12.6. The normalized spacial score (nSPS) is 17.4. The quantitative estimate of drug-likeness (QED) is 0.0478. The molecular formula is C68H65F7N17O3+. The van der Waals surface area contributed by atoms with Crippen molar-refractivity contribution in [3.63, 3.8) is 0 Å². The maximum Gasteiger partial charge on any atom is 0.416 e. The van der Waals surface area contributed by atoms with Crippen molar-refractivity contribution in [3.05, 3.63) is 153 Å². The minimum absolute atomic E-state index is 0.0191. The number of pyridine rings is 3. The zero-order chi connectivity index (χ0) is 66.2. The Bertz CT molecular complexity index is 4490. The van der Waals surface area contributed by atoms with Gasteiger partial charge < -0.3 is 25.3 Å². The molecule has 1 spiro atoms. The van der Waals surface area contributed by atoms with Gasteiger partial charge in [-0.25, -0.2) is 18.9 Å². The summed E-state index contributed by atoms with van der Waals surface area (Å²) in [6, 6.07) is 22.7. The lowest BCUT2D eigenvalue weighted by Gasteiger charge is -2.38. The second-order valence-electron chi connectivity index (χ2n) is 26.0. The van der Waals surface area contributed by atoms with Crippen LogP contribution in [0.5, 0.6) is 0 Å². The Balaban J connectivity index is 0.762. The van der Waals surface area contributed by atoms with E-state index in [0.29, 0.717) is 90.5 Å². The van der Waals surface area contributed by atoms with Crippen LogP contribution in [0.4, 0.5) is 54.0 Å². The molecule has 0 atom stereocenters. The zero-order valence-corrected chi connectivity index (χ0v) is 52.2. The molecule has 488 valence electrons. The number of ether oxygens (including phenoxy) is 1. The molecule has 0 unspecified atom stereocenters. The number of likely N-dealkylation sites (tertiary alicyclic amines) is 1. The average Bonchev–Trinajstić information content (AvgIpc) is 1.70. The van der Waals surface area contributed by atoms with Crippen LogP contribution >= 0.6 is 0 Å². The molecule has 1 saturated heterocycles. The fraction of sp³-hybridized carbons (Fsp3) is 0.397. The lowest BCUT2D eigenvalue weighted by Crippen LogP contribution is -2.33. The number of halogens is 7. The van der Waals surface area contributed by atoms with Gasteiger partial charge in [0, 0.05) is 80.0 Å². The van der Waals surface area contributed by atoms with Crippen molar-refractivity contribution in [1.82, 2.24) is 54.7 Å². The SMILES string of the molecule is COCCNCc1cc(F)c2c(c1)C(=O)N(c1cc(-c3cc(C(F)(F)F)ccc3-c3nncn3C[N+]#CCC3(Nc4cc(-c5cc(C)ncc5-c5nncn5C)cc(N5Cc6c(cc(CN7CCC8(CCC8)C7)cc6C(F)(F)F)C5=O)n4)CC3)cc(NC3(CC#N)CC3)n1)C2. The number of anilines is 4. The molecule has 6 aliphatic rings. The van der Waals surface area contributed by atoms with Gasteiger partial charge >= 0.3 is 19.0 Å². The fourth-order valence-corrected chi connectivity index (χ4v) is 13.6. The Kier molecular flexibility index (Phi) is 16.0. The van der Waals surface area contributed by atoms with Crippen molar-refractivity contribution in [3.8, 4) is 57.2 Å². The second kappa shape index (κ2) is 24.3. The first-order chi connectivity index (χ1) is 45.6. The molecule has 0 bridgehead atoms. The van der Waals surface area contributed by atoms with E-state index in [9.17, 15) is 28.0 Å². The van der Waals surface area contributed by atoms with Gasteiger partial charge in [-0.1, -0.05) is 11.3 Å². The lowest BCUT2D eigenvalue weighted by atomic mass is 9.68. The predicted molar refractivity (Wildman–Crippen MR) is 338 cm³/mol. The van der Waals surface area contributed by atoms with E-state index in [4.69, 9.17) is 14.7 Å². The van der Waals surface area contributed by atoms with E-state index < -0.39 is 52.2 Å². The van der Waals surface area contributed by atoms with Gasteiger partial charge in [0.2, 0.25) is 0 Å². The summed E-state index contributed by atoms with van der Waals surface area (Å²) >= 11 is 0. The van der Waals surface area contributed by atoms with Crippen LogP contribution in [-0.4, -0.2) is 106 Å². The number of carbonyl (C=O) groups is 2. The van der Waals surface area contributed by atoms with Crippen LogP contribution in [0.25, 0.3) is 49.9 Å². The maximum absolute atomic E-state index is 15.9. The molecule has 2 amide bonds. The van der Waals surface area contributed by atoms with Gasteiger partial charge in [0.1, 0.15) is 48.2 Å². The highest BCUT2D eigenvalue weighted by Gasteiger charge is 2.47. The Morgan fingerprint density at radius 3 is 1.98 bits per heavy atom. The molecule has 8 heterocycles. The number of amides is 2. The van der Waals surface area contributed by atoms with Gasteiger partial charge in [-0.2, -0.15) is 31.6 Å². The molecule has 5 aromatic heterocycles. The Hall–Kier alpha value is -9.70. The van der Waals surface area contributed by atoms with Gasteiger partial charge in [-0.05, 0) is 176 Å². The summed E-state index contributed by atoms with van der Waals surface area (Å²) in [5, 5.41) is 36.8. The molecule has 20 nitrogen and oxygen atoms in total. The molecular weight excluding hydrogens is 1240 g/mol. The topological polar surface area (TPSA) is 217 Å². The number of carbonyl (C=O) groups excluding carboxylic acids is 2. The highest BCUT2D eigenvalue weighted by molar-refractivity contribution is 6.11. The first kappa shape index (κ1) is 62.7. The van der Waals surface area contributed by atoms with Gasteiger partial charge in [0.15, 0.2) is 11.6 Å². The van der Waals surface area contributed by atoms with Crippen molar-refractivity contribution in [2.24, 2.45) is 12.5 Å². The van der Waals surface area contributed by atoms with Crippen LogP contribution in [0.15, 0.2) is 91.6 Å². The number of nitriles is 1. The Morgan fingerprint density at radius 2 is 1.36 bits per heavy atom. The largest absolute Gasteiger partial charge is 0.416 e. The van der Waals surface area contributed by atoms with Crippen LogP contribution in [0, 0.1) is 35.6 Å². The predicted octanol–water partition coefficient (Wildman–Crippen LogP) is 12.4.